The average Bonchev–Trinajstić information content (AvgIpc) is 3.22. The van der Waals surface area contributed by atoms with E-state index in [0.29, 0.717) is 12.2 Å². The third kappa shape index (κ3) is 2.81. The standard InChI is InChI=1S/C28H18N2O/c29-17-21-15-20(13-14-30-21)18-9-11-19(12-10-18)25-16-27-28(23-6-2-1-5-22(23)25)24-7-3-4-8-26(24)31-27/h1-13,15-16,30H,14H2. The predicted octanol–water partition coefficient (Wildman–Crippen LogP) is 6.80. The first-order valence-corrected chi connectivity index (χ1v) is 10.3. The Kier molecular flexibility index (Phi) is 3.91. The Morgan fingerprint density at radius 1 is 0.774 bits per heavy atom. The summed E-state index contributed by atoms with van der Waals surface area (Å²) in [5.74, 6) is 0. The number of nitrogens with one attached hydrogen (secondary N) is 1. The third-order valence-electron chi connectivity index (χ3n) is 5.95. The van der Waals surface area contributed by atoms with E-state index in [1.54, 1.807) is 0 Å². The van der Waals surface area contributed by atoms with Gasteiger partial charge in [0.2, 0.25) is 0 Å². The quantitative estimate of drug-likeness (QED) is 0.356. The summed E-state index contributed by atoms with van der Waals surface area (Å²) in [5, 5.41) is 17.0. The van der Waals surface area contributed by atoms with Crippen molar-refractivity contribution in [3.63, 3.8) is 0 Å². The molecular weight excluding hydrogens is 380 g/mol. The van der Waals surface area contributed by atoms with E-state index in [-0.39, 0.29) is 0 Å². The zero-order valence-corrected chi connectivity index (χ0v) is 16.7. The summed E-state index contributed by atoms with van der Waals surface area (Å²) in [6.07, 6.45) is 4.00. The van der Waals surface area contributed by atoms with E-state index in [0.717, 1.165) is 38.8 Å². The fourth-order valence-electron chi connectivity index (χ4n) is 4.48. The van der Waals surface area contributed by atoms with Crippen LogP contribution in [0.2, 0.25) is 0 Å². The monoisotopic (exact) mass is 398 g/mol. The van der Waals surface area contributed by atoms with Crippen LogP contribution in [0.1, 0.15) is 5.56 Å². The van der Waals surface area contributed by atoms with Crippen LogP contribution in [0.3, 0.4) is 0 Å². The smallest absolute Gasteiger partial charge is 0.136 e. The highest BCUT2D eigenvalue weighted by Crippen LogP contribution is 2.40. The highest BCUT2D eigenvalue weighted by Gasteiger charge is 2.14. The lowest BCUT2D eigenvalue weighted by Crippen LogP contribution is -2.15. The van der Waals surface area contributed by atoms with Gasteiger partial charge in [0.1, 0.15) is 22.9 Å². The molecule has 0 saturated carbocycles. The number of benzene rings is 4. The second kappa shape index (κ2) is 6.90. The van der Waals surface area contributed by atoms with Gasteiger partial charge in [0.15, 0.2) is 0 Å². The zero-order chi connectivity index (χ0) is 20.8. The van der Waals surface area contributed by atoms with Crippen molar-refractivity contribution in [1.29, 1.82) is 5.26 Å². The van der Waals surface area contributed by atoms with Gasteiger partial charge in [0.25, 0.3) is 0 Å². The number of dihydropyridines is 1. The maximum absolute atomic E-state index is 9.17. The van der Waals surface area contributed by atoms with Crippen LogP contribution in [0.4, 0.5) is 0 Å². The lowest BCUT2D eigenvalue weighted by Gasteiger charge is -2.13. The first kappa shape index (κ1) is 17.6. The minimum absolute atomic E-state index is 0.600. The second-order valence-corrected chi connectivity index (χ2v) is 7.73. The molecule has 3 nitrogen and oxygen atoms in total. The molecule has 0 fully saturated rings. The molecule has 0 bridgehead atoms. The Morgan fingerprint density at radius 2 is 1.48 bits per heavy atom. The van der Waals surface area contributed by atoms with Crippen LogP contribution >= 0.6 is 0 Å². The van der Waals surface area contributed by atoms with Crippen molar-refractivity contribution >= 4 is 38.3 Å². The van der Waals surface area contributed by atoms with Crippen LogP contribution in [0.15, 0.2) is 101 Å². The van der Waals surface area contributed by atoms with Gasteiger partial charge in [-0.25, -0.2) is 0 Å². The normalized spacial score (nSPS) is 13.6. The molecule has 1 N–H and O–H groups in total. The van der Waals surface area contributed by atoms with Crippen LogP contribution in [0.25, 0.3) is 49.4 Å². The number of para-hydroxylation sites is 1. The molecule has 0 spiro atoms. The second-order valence-electron chi connectivity index (χ2n) is 7.73. The minimum atomic E-state index is 0.600. The Bertz CT molecular complexity index is 1580. The fraction of sp³-hybridized carbons (Fsp3) is 0.0357. The van der Waals surface area contributed by atoms with Gasteiger partial charge in [-0.15, -0.1) is 0 Å². The molecule has 0 radical (unpaired) electrons. The minimum Gasteiger partial charge on any atom is -0.456 e. The van der Waals surface area contributed by atoms with E-state index >= 15 is 0 Å². The lowest BCUT2D eigenvalue weighted by atomic mass is 9.93. The van der Waals surface area contributed by atoms with Gasteiger partial charge in [0.05, 0.1) is 0 Å². The highest BCUT2D eigenvalue weighted by atomic mass is 16.3. The summed E-state index contributed by atoms with van der Waals surface area (Å²) in [4.78, 5) is 0. The maximum Gasteiger partial charge on any atom is 0.136 e. The molecule has 0 amide bonds. The molecule has 0 unspecified atom stereocenters. The summed E-state index contributed by atoms with van der Waals surface area (Å²) >= 11 is 0. The molecule has 31 heavy (non-hydrogen) atoms. The predicted molar refractivity (Wildman–Crippen MR) is 126 cm³/mol. The van der Waals surface area contributed by atoms with Crippen LogP contribution < -0.4 is 5.32 Å². The Balaban J connectivity index is 1.53. The van der Waals surface area contributed by atoms with Crippen molar-refractivity contribution in [2.24, 2.45) is 0 Å². The van der Waals surface area contributed by atoms with Crippen molar-refractivity contribution in [1.82, 2.24) is 5.32 Å². The molecular formula is C28H18N2O. The molecule has 0 atom stereocenters. The van der Waals surface area contributed by atoms with Gasteiger partial charge in [0, 0.05) is 17.3 Å². The van der Waals surface area contributed by atoms with Gasteiger partial charge in [-0.05, 0) is 51.2 Å². The fourth-order valence-corrected chi connectivity index (χ4v) is 4.48. The number of fused-ring (bicyclic) bond motifs is 5. The number of nitrogens with zero attached hydrogens (tertiary/aromatic N) is 1. The van der Waals surface area contributed by atoms with Gasteiger partial charge in [-0.2, -0.15) is 5.26 Å². The van der Waals surface area contributed by atoms with E-state index in [1.807, 2.05) is 18.2 Å². The Hall–Kier alpha value is -4.29. The number of furan rings is 1. The highest BCUT2D eigenvalue weighted by molar-refractivity contribution is 6.22. The van der Waals surface area contributed by atoms with Gasteiger partial charge >= 0.3 is 0 Å². The molecule has 1 aliphatic rings. The van der Waals surface area contributed by atoms with Gasteiger partial charge in [-0.3, -0.25) is 0 Å². The summed E-state index contributed by atoms with van der Waals surface area (Å²) in [5.41, 5.74) is 6.88. The summed E-state index contributed by atoms with van der Waals surface area (Å²) in [6, 6.07) is 29.6. The van der Waals surface area contributed by atoms with Crippen molar-refractivity contribution in [3.05, 3.63) is 102 Å². The molecule has 146 valence electrons. The summed E-state index contributed by atoms with van der Waals surface area (Å²) < 4.78 is 6.21. The van der Waals surface area contributed by atoms with Crippen LogP contribution in [0.5, 0.6) is 0 Å². The topological polar surface area (TPSA) is 49.0 Å². The third-order valence-corrected chi connectivity index (χ3v) is 5.95. The first-order valence-electron chi connectivity index (χ1n) is 10.3. The maximum atomic E-state index is 9.17. The van der Waals surface area contributed by atoms with E-state index in [2.05, 4.69) is 84.2 Å². The van der Waals surface area contributed by atoms with Gasteiger partial charge < -0.3 is 9.73 Å². The SMILES string of the molecule is N#CC1=CC(c2ccc(-c3cc4oc5ccccc5c4c4ccccc34)cc2)=CCN1. The van der Waals surface area contributed by atoms with Crippen LogP contribution in [-0.4, -0.2) is 6.54 Å². The molecule has 4 aromatic carbocycles. The van der Waals surface area contributed by atoms with E-state index < -0.39 is 0 Å². The Labute approximate surface area is 179 Å². The van der Waals surface area contributed by atoms with E-state index in [9.17, 15) is 5.26 Å². The Morgan fingerprint density at radius 3 is 2.29 bits per heavy atom. The van der Waals surface area contributed by atoms with Gasteiger partial charge in [-0.1, -0.05) is 72.8 Å². The number of hydrogen-bond acceptors (Lipinski definition) is 3. The number of nitriles is 1. The molecule has 1 aromatic heterocycles. The zero-order valence-electron chi connectivity index (χ0n) is 16.7. The average molecular weight is 398 g/mol. The number of rotatable bonds is 2. The largest absolute Gasteiger partial charge is 0.456 e. The van der Waals surface area contributed by atoms with Crippen LogP contribution in [-0.2, 0) is 0 Å². The van der Waals surface area contributed by atoms with E-state index in [1.165, 1.54) is 16.2 Å². The van der Waals surface area contributed by atoms with Crippen molar-refractivity contribution in [3.8, 4) is 17.2 Å². The summed E-state index contributed by atoms with van der Waals surface area (Å²) in [7, 11) is 0. The molecule has 1 aliphatic heterocycles. The molecule has 3 heteroatoms. The van der Waals surface area contributed by atoms with Crippen LogP contribution in [0, 0.1) is 11.3 Å². The molecule has 0 aliphatic carbocycles. The van der Waals surface area contributed by atoms with Crippen molar-refractivity contribution in [2.75, 3.05) is 6.54 Å². The number of allylic oxidation sites excluding steroid dienone is 3. The molecule has 2 heterocycles. The first-order chi connectivity index (χ1) is 15.3. The molecule has 5 aromatic rings. The van der Waals surface area contributed by atoms with Crippen molar-refractivity contribution in [2.45, 2.75) is 0 Å². The number of hydrogen-bond donors (Lipinski definition) is 1. The van der Waals surface area contributed by atoms with Crippen molar-refractivity contribution < 1.29 is 4.42 Å². The molecule has 6 rings (SSSR count). The summed E-state index contributed by atoms with van der Waals surface area (Å²) in [6.45, 7) is 0.670. The lowest BCUT2D eigenvalue weighted by molar-refractivity contribution is 0.669. The molecule has 0 saturated heterocycles. The van der Waals surface area contributed by atoms with E-state index in [4.69, 9.17) is 4.42 Å².